The van der Waals surface area contributed by atoms with Crippen LogP contribution in [0.5, 0.6) is 5.75 Å². The Hall–Kier alpha value is -2.01. The summed E-state index contributed by atoms with van der Waals surface area (Å²) < 4.78 is 0.801. The van der Waals surface area contributed by atoms with Gasteiger partial charge in [-0.2, -0.15) is 0 Å². The highest BCUT2D eigenvalue weighted by Gasteiger charge is 2.28. The number of para-hydroxylation sites is 1. The quantitative estimate of drug-likeness (QED) is 0.739. The molecule has 3 N–H and O–H groups in total. The molecule has 5 heteroatoms. The van der Waals surface area contributed by atoms with Crippen molar-refractivity contribution in [2.75, 3.05) is 17.2 Å². The molecule has 0 aliphatic carbocycles. The van der Waals surface area contributed by atoms with E-state index in [9.17, 15) is 9.90 Å². The van der Waals surface area contributed by atoms with Crippen LogP contribution in [0.1, 0.15) is 11.5 Å². The summed E-state index contributed by atoms with van der Waals surface area (Å²) in [6.45, 7) is 0.569. The summed E-state index contributed by atoms with van der Waals surface area (Å²) >= 11 is 3.32. The van der Waals surface area contributed by atoms with Gasteiger partial charge in [0.1, 0.15) is 5.75 Å². The minimum Gasteiger partial charge on any atom is -0.506 e. The fraction of sp³-hybridized carbons (Fsp3) is 0.133. The fourth-order valence-electron chi connectivity index (χ4n) is 2.35. The van der Waals surface area contributed by atoms with Gasteiger partial charge in [0, 0.05) is 16.7 Å². The molecule has 0 aromatic heterocycles. The van der Waals surface area contributed by atoms with E-state index in [0.29, 0.717) is 12.2 Å². The first-order chi connectivity index (χ1) is 9.65. The van der Waals surface area contributed by atoms with Gasteiger partial charge >= 0.3 is 0 Å². The van der Waals surface area contributed by atoms with E-state index in [0.717, 1.165) is 15.7 Å². The molecule has 1 heterocycles. The normalized spacial score (nSPS) is 16.4. The maximum Gasteiger partial charge on any atom is 0.233 e. The molecule has 0 saturated heterocycles. The van der Waals surface area contributed by atoms with E-state index >= 15 is 0 Å². The second kappa shape index (κ2) is 5.17. The van der Waals surface area contributed by atoms with E-state index in [1.54, 1.807) is 18.2 Å². The van der Waals surface area contributed by atoms with Crippen molar-refractivity contribution in [2.45, 2.75) is 5.92 Å². The Bertz CT molecular complexity index is 673. The monoisotopic (exact) mass is 332 g/mol. The van der Waals surface area contributed by atoms with Crippen molar-refractivity contribution >= 4 is 33.2 Å². The molecule has 1 unspecified atom stereocenters. The number of hydrogen-bond donors (Lipinski definition) is 3. The minimum atomic E-state index is -0.246. The van der Waals surface area contributed by atoms with Gasteiger partial charge in [-0.05, 0) is 29.8 Å². The van der Waals surface area contributed by atoms with Crippen molar-refractivity contribution < 1.29 is 9.90 Å². The summed E-state index contributed by atoms with van der Waals surface area (Å²) in [7, 11) is 0. The van der Waals surface area contributed by atoms with Crippen LogP contribution in [0.4, 0.5) is 11.4 Å². The van der Waals surface area contributed by atoms with Crippen LogP contribution in [0, 0.1) is 0 Å². The predicted molar refractivity (Wildman–Crippen MR) is 82.1 cm³/mol. The van der Waals surface area contributed by atoms with Crippen molar-refractivity contribution in [1.29, 1.82) is 0 Å². The van der Waals surface area contributed by atoms with Gasteiger partial charge in [-0.25, -0.2) is 0 Å². The van der Waals surface area contributed by atoms with Crippen molar-refractivity contribution in [3.05, 3.63) is 52.5 Å². The van der Waals surface area contributed by atoms with Gasteiger partial charge in [0.05, 0.1) is 11.6 Å². The number of carbonyl (C=O) groups is 1. The number of rotatable bonds is 2. The minimum absolute atomic E-state index is 0.0563. The van der Waals surface area contributed by atoms with Crippen LogP contribution in [0.2, 0.25) is 0 Å². The fourth-order valence-corrected chi connectivity index (χ4v) is 2.71. The largest absolute Gasteiger partial charge is 0.506 e. The number of aromatic hydroxyl groups is 1. The molecule has 1 atom stereocenters. The number of fused-ring (bicyclic) bond motifs is 1. The topological polar surface area (TPSA) is 61.4 Å². The van der Waals surface area contributed by atoms with Crippen molar-refractivity contribution in [1.82, 2.24) is 0 Å². The van der Waals surface area contributed by atoms with E-state index < -0.39 is 0 Å². The van der Waals surface area contributed by atoms with Gasteiger partial charge in [0.25, 0.3) is 0 Å². The molecule has 0 saturated carbocycles. The predicted octanol–water partition coefficient (Wildman–Crippen LogP) is 3.30. The molecule has 20 heavy (non-hydrogen) atoms. The molecule has 102 valence electrons. The lowest BCUT2D eigenvalue weighted by molar-refractivity contribution is -0.117. The number of benzene rings is 2. The Morgan fingerprint density at radius 1 is 1.30 bits per heavy atom. The third kappa shape index (κ3) is 2.36. The first kappa shape index (κ1) is 13.0. The lowest BCUT2D eigenvalue weighted by Crippen LogP contribution is -2.22. The SMILES string of the molecule is O=C(Nc1cc(Br)ccc1O)C1CNc2ccccc21. The number of nitrogens with one attached hydrogen (secondary N) is 2. The molecule has 3 rings (SSSR count). The number of anilines is 2. The summed E-state index contributed by atoms with van der Waals surface area (Å²) in [5, 5.41) is 15.8. The second-order valence-electron chi connectivity index (χ2n) is 4.67. The van der Waals surface area contributed by atoms with Gasteiger partial charge in [-0.3, -0.25) is 4.79 Å². The third-order valence-electron chi connectivity index (χ3n) is 3.37. The first-order valence-corrected chi connectivity index (χ1v) is 7.06. The number of amides is 1. The number of hydrogen-bond acceptors (Lipinski definition) is 3. The number of carbonyl (C=O) groups excluding carboxylic acids is 1. The summed E-state index contributed by atoms with van der Waals surface area (Å²) in [6, 6.07) is 12.7. The van der Waals surface area contributed by atoms with Crippen LogP contribution >= 0.6 is 15.9 Å². The van der Waals surface area contributed by atoms with Gasteiger partial charge in [0.15, 0.2) is 0 Å². The van der Waals surface area contributed by atoms with E-state index in [4.69, 9.17) is 0 Å². The van der Waals surface area contributed by atoms with Crippen LogP contribution in [-0.4, -0.2) is 17.6 Å². The summed E-state index contributed by atoms with van der Waals surface area (Å²) in [5.74, 6) is -0.318. The molecule has 1 amide bonds. The zero-order valence-corrected chi connectivity index (χ0v) is 12.1. The molecule has 1 aliphatic rings. The van der Waals surface area contributed by atoms with Crippen molar-refractivity contribution in [2.24, 2.45) is 0 Å². The smallest absolute Gasteiger partial charge is 0.233 e. The van der Waals surface area contributed by atoms with Gasteiger partial charge in [-0.15, -0.1) is 0 Å². The highest BCUT2D eigenvalue weighted by atomic mass is 79.9. The summed E-state index contributed by atoms with van der Waals surface area (Å²) in [5.41, 5.74) is 2.39. The molecule has 0 radical (unpaired) electrons. The zero-order valence-electron chi connectivity index (χ0n) is 10.6. The van der Waals surface area contributed by atoms with E-state index in [-0.39, 0.29) is 17.6 Å². The third-order valence-corrected chi connectivity index (χ3v) is 3.86. The Balaban J connectivity index is 1.83. The number of halogens is 1. The Morgan fingerprint density at radius 2 is 2.10 bits per heavy atom. The van der Waals surface area contributed by atoms with Crippen molar-refractivity contribution in [3.8, 4) is 5.75 Å². The molecule has 0 fully saturated rings. The number of phenols is 1. The summed E-state index contributed by atoms with van der Waals surface area (Å²) in [6.07, 6.45) is 0. The highest BCUT2D eigenvalue weighted by molar-refractivity contribution is 9.10. The van der Waals surface area contributed by atoms with Crippen LogP contribution in [0.15, 0.2) is 46.9 Å². The molecule has 2 aromatic rings. The maximum atomic E-state index is 12.4. The second-order valence-corrected chi connectivity index (χ2v) is 5.59. The molecular weight excluding hydrogens is 320 g/mol. The molecule has 1 aliphatic heterocycles. The molecule has 2 aromatic carbocycles. The lowest BCUT2D eigenvalue weighted by atomic mass is 10.0. The van der Waals surface area contributed by atoms with E-state index in [1.165, 1.54) is 0 Å². The molecule has 0 spiro atoms. The highest BCUT2D eigenvalue weighted by Crippen LogP contribution is 2.33. The Labute approximate surface area is 125 Å². The standard InChI is InChI=1S/C15H13BrN2O2/c16-9-5-6-14(19)13(7-9)18-15(20)11-8-17-12-4-2-1-3-10(11)12/h1-7,11,17,19H,8H2,(H,18,20). The van der Waals surface area contributed by atoms with Crippen LogP contribution in [0.25, 0.3) is 0 Å². The van der Waals surface area contributed by atoms with Crippen LogP contribution < -0.4 is 10.6 Å². The zero-order chi connectivity index (χ0) is 14.1. The van der Waals surface area contributed by atoms with E-state index in [1.807, 2.05) is 24.3 Å². The molecular formula is C15H13BrN2O2. The van der Waals surface area contributed by atoms with Crippen molar-refractivity contribution in [3.63, 3.8) is 0 Å². The maximum absolute atomic E-state index is 12.4. The number of phenolic OH excluding ortho intramolecular Hbond substituents is 1. The first-order valence-electron chi connectivity index (χ1n) is 6.27. The molecule has 0 bridgehead atoms. The average Bonchev–Trinajstić information content (AvgIpc) is 2.87. The average molecular weight is 333 g/mol. The van der Waals surface area contributed by atoms with Gasteiger partial charge in [0.2, 0.25) is 5.91 Å². The molecule has 4 nitrogen and oxygen atoms in total. The van der Waals surface area contributed by atoms with Gasteiger partial charge < -0.3 is 15.7 Å². The lowest BCUT2D eigenvalue weighted by Gasteiger charge is -2.12. The Morgan fingerprint density at radius 3 is 2.95 bits per heavy atom. The van der Waals surface area contributed by atoms with Crippen LogP contribution in [-0.2, 0) is 4.79 Å². The summed E-state index contributed by atoms with van der Waals surface area (Å²) in [4.78, 5) is 12.4. The van der Waals surface area contributed by atoms with Crippen LogP contribution in [0.3, 0.4) is 0 Å². The Kier molecular flexibility index (Phi) is 3.36. The van der Waals surface area contributed by atoms with Gasteiger partial charge in [-0.1, -0.05) is 34.1 Å². The van der Waals surface area contributed by atoms with E-state index in [2.05, 4.69) is 26.6 Å².